The van der Waals surface area contributed by atoms with Gasteiger partial charge >= 0.3 is 0 Å². The maximum atomic E-state index is 9.11. The normalized spacial score (nSPS) is 12.7. The van der Waals surface area contributed by atoms with Gasteiger partial charge in [-0.3, -0.25) is 9.98 Å². The Morgan fingerprint density at radius 2 is 2.22 bits per heavy atom. The third kappa shape index (κ3) is 9.03. The summed E-state index contributed by atoms with van der Waals surface area (Å²) >= 11 is 0. The van der Waals surface area contributed by atoms with Crippen molar-refractivity contribution in [2.75, 3.05) is 32.8 Å². The highest BCUT2D eigenvalue weighted by molar-refractivity contribution is 5.79. The molecule has 1 heterocycles. The first-order valence-electron chi connectivity index (χ1n) is 8.46. The summed E-state index contributed by atoms with van der Waals surface area (Å²) in [6, 6.07) is 3.74. The number of nitrogens with zero attached hydrogens (tertiary/aromatic N) is 2. The summed E-state index contributed by atoms with van der Waals surface area (Å²) in [6.07, 6.45) is 6.43. The fourth-order valence-corrected chi connectivity index (χ4v) is 2.25. The Morgan fingerprint density at radius 3 is 2.87 bits per heavy atom. The Balaban J connectivity index is 2.36. The van der Waals surface area contributed by atoms with E-state index in [1.54, 1.807) is 12.4 Å². The molecule has 0 saturated heterocycles. The van der Waals surface area contributed by atoms with Gasteiger partial charge in [0.2, 0.25) is 0 Å². The van der Waals surface area contributed by atoms with Crippen molar-refractivity contribution in [2.24, 2.45) is 10.9 Å². The maximum Gasteiger partial charge on any atom is 0.191 e. The minimum absolute atomic E-state index is 0.225. The molecule has 0 bridgehead atoms. The number of hydrogen-bond donors (Lipinski definition) is 3. The Kier molecular flexibility index (Phi) is 10.6. The Labute approximate surface area is 139 Å². The number of hydrogen-bond acceptors (Lipinski definition) is 4. The fraction of sp³-hybridized carbons (Fsp3) is 0.647. The minimum atomic E-state index is 0.225. The molecule has 130 valence electrons. The topological polar surface area (TPSA) is 78.8 Å². The predicted molar refractivity (Wildman–Crippen MR) is 93.8 cm³/mol. The Hall–Kier alpha value is -1.82. The molecule has 1 rings (SSSR count). The van der Waals surface area contributed by atoms with Crippen molar-refractivity contribution in [3.8, 4) is 5.75 Å². The molecule has 0 amide bonds. The number of aliphatic hydroxyl groups excluding tert-OH is 1. The SMILES string of the molecule is CCCC(CCO)CN=C(NCC)NCCOc1cccnc1. The van der Waals surface area contributed by atoms with Gasteiger partial charge < -0.3 is 20.5 Å². The zero-order valence-corrected chi connectivity index (χ0v) is 14.3. The van der Waals surface area contributed by atoms with Gasteiger partial charge in [-0.15, -0.1) is 0 Å². The van der Waals surface area contributed by atoms with E-state index in [1.807, 2.05) is 19.1 Å². The van der Waals surface area contributed by atoms with Crippen LogP contribution in [0.4, 0.5) is 0 Å². The fourth-order valence-electron chi connectivity index (χ4n) is 2.25. The lowest BCUT2D eigenvalue weighted by Gasteiger charge is -2.15. The van der Waals surface area contributed by atoms with Crippen LogP contribution in [0.25, 0.3) is 0 Å². The van der Waals surface area contributed by atoms with E-state index in [0.717, 1.165) is 44.1 Å². The third-order valence-electron chi connectivity index (χ3n) is 3.38. The van der Waals surface area contributed by atoms with Gasteiger partial charge in [0.05, 0.1) is 12.7 Å². The van der Waals surface area contributed by atoms with Gasteiger partial charge in [-0.05, 0) is 37.8 Å². The number of rotatable bonds is 11. The number of guanidine groups is 1. The first kappa shape index (κ1) is 19.2. The van der Waals surface area contributed by atoms with Gasteiger partial charge in [-0.1, -0.05) is 13.3 Å². The van der Waals surface area contributed by atoms with Crippen molar-refractivity contribution in [3.05, 3.63) is 24.5 Å². The van der Waals surface area contributed by atoms with Crippen molar-refractivity contribution in [1.29, 1.82) is 0 Å². The van der Waals surface area contributed by atoms with Gasteiger partial charge in [-0.25, -0.2) is 0 Å². The van der Waals surface area contributed by atoms with Crippen LogP contribution in [0.1, 0.15) is 33.1 Å². The second-order valence-electron chi connectivity index (χ2n) is 5.35. The highest BCUT2D eigenvalue weighted by Gasteiger charge is 2.07. The number of pyridine rings is 1. The second-order valence-corrected chi connectivity index (χ2v) is 5.35. The molecule has 0 fully saturated rings. The third-order valence-corrected chi connectivity index (χ3v) is 3.38. The van der Waals surface area contributed by atoms with E-state index in [4.69, 9.17) is 9.84 Å². The molecule has 1 unspecified atom stereocenters. The first-order chi connectivity index (χ1) is 11.3. The Morgan fingerprint density at radius 1 is 1.35 bits per heavy atom. The molecule has 0 saturated carbocycles. The lowest BCUT2D eigenvalue weighted by molar-refractivity contribution is 0.253. The molecule has 6 nitrogen and oxygen atoms in total. The molecule has 1 aromatic heterocycles. The van der Waals surface area contributed by atoms with E-state index in [1.165, 1.54) is 0 Å². The van der Waals surface area contributed by atoms with Crippen molar-refractivity contribution >= 4 is 5.96 Å². The molecule has 0 radical (unpaired) electrons. The summed E-state index contributed by atoms with van der Waals surface area (Å²) in [7, 11) is 0. The largest absolute Gasteiger partial charge is 0.490 e. The molecule has 0 aromatic carbocycles. The first-order valence-corrected chi connectivity index (χ1v) is 8.46. The van der Waals surface area contributed by atoms with Crippen LogP contribution in [0.5, 0.6) is 5.75 Å². The number of nitrogens with one attached hydrogen (secondary N) is 2. The summed E-state index contributed by atoms with van der Waals surface area (Å²) in [5, 5.41) is 15.6. The highest BCUT2D eigenvalue weighted by atomic mass is 16.5. The molecule has 23 heavy (non-hydrogen) atoms. The van der Waals surface area contributed by atoms with Crippen LogP contribution in [0, 0.1) is 5.92 Å². The van der Waals surface area contributed by atoms with E-state index in [2.05, 4.69) is 27.5 Å². The number of aliphatic imine (C=N–C) groups is 1. The molecule has 0 aliphatic heterocycles. The van der Waals surface area contributed by atoms with Crippen molar-refractivity contribution < 1.29 is 9.84 Å². The summed E-state index contributed by atoms with van der Waals surface area (Å²) in [6.45, 7) is 7.18. The standard InChI is InChI=1S/C17H30N4O2/c1-3-6-15(8-11-22)13-21-17(19-4-2)20-10-12-23-16-7-5-9-18-14-16/h5,7,9,14-15,22H,3-4,6,8,10-13H2,1-2H3,(H2,19,20,21). The second kappa shape index (κ2) is 12.7. The van der Waals surface area contributed by atoms with Crippen LogP contribution in [-0.4, -0.2) is 48.9 Å². The summed E-state index contributed by atoms with van der Waals surface area (Å²) in [5.74, 6) is 2.00. The van der Waals surface area contributed by atoms with E-state index in [-0.39, 0.29) is 6.61 Å². The zero-order valence-electron chi connectivity index (χ0n) is 14.3. The van der Waals surface area contributed by atoms with Crippen LogP contribution >= 0.6 is 0 Å². The van der Waals surface area contributed by atoms with Gasteiger partial charge in [0, 0.05) is 25.9 Å². The lowest BCUT2D eigenvalue weighted by Crippen LogP contribution is -2.39. The number of ether oxygens (including phenoxy) is 1. The average Bonchev–Trinajstić information content (AvgIpc) is 2.57. The molecule has 3 N–H and O–H groups in total. The van der Waals surface area contributed by atoms with Crippen LogP contribution in [-0.2, 0) is 0 Å². The van der Waals surface area contributed by atoms with E-state index in [0.29, 0.717) is 19.1 Å². The van der Waals surface area contributed by atoms with Crippen molar-refractivity contribution in [2.45, 2.75) is 33.1 Å². The average molecular weight is 322 g/mol. The molecular formula is C17H30N4O2. The van der Waals surface area contributed by atoms with Gasteiger partial charge in [0.25, 0.3) is 0 Å². The summed E-state index contributed by atoms with van der Waals surface area (Å²) in [5.41, 5.74) is 0. The van der Waals surface area contributed by atoms with E-state index in [9.17, 15) is 0 Å². The van der Waals surface area contributed by atoms with E-state index < -0.39 is 0 Å². The number of aromatic nitrogens is 1. The van der Waals surface area contributed by atoms with Crippen LogP contribution in [0.15, 0.2) is 29.5 Å². The van der Waals surface area contributed by atoms with Crippen LogP contribution in [0.3, 0.4) is 0 Å². The zero-order chi connectivity index (χ0) is 16.8. The van der Waals surface area contributed by atoms with E-state index >= 15 is 0 Å². The van der Waals surface area contributed by atoms with Crippen LogP contribution < -0.4 is 15.4 Å². The van der Waals surface area contributed by atoms with Crippen molar-refractivity contribution in [3.63, 3.8) is 0 Å². The monoisotopic (exact) mass is 322 g/mol. The quantitative estimate of drug-likeness (QED) is 0.329. The van der Waals surface area contributed by atoms with Crippen LogP contribution in [0.2, 0.25) is 0 Å². The Bertz CT molecular complexity index is 420. The molecular weight excluding hydrogens is 292 g/mol. The highest BCUT2D eigenvalue weighted by Crippen LogP contribution is 2.11. The maximum absolute atomic E-state index is 9.11. The van der Waals surface area contributed by atoms with Gasteiger partial charge in [0.15, 0.2) is 5.96 Å². The van der Waals surface area contributed by atoms with Gasteiger partial charge in [0.1, 0.15) is 12.4 Å². The number of aliphatic hydroxyl groups is 1. The molecule has 6 heteroatoms. The molecule has 1 aromatic rings. The van der Waals surface area contributed by atoms with Gasteiger partial charge in [-0.2, -0.15) is 0 Å². The molecule has 0 spiro atoms. The summed E-state index contributed by atoms with van der Waals surface area (Å²) < 4.78 is 5.60. The predicted octanol–water partition coefficient (Wildman–Crippen LogP) is 1.81. The molecule has 0 aliphatic carbocycles. The summed E-state index contributed by atoms with van der Waals surface area (Å²) in [4.78, 5) is 8.62. The lowest BCUT2D eigenvalue weighted by atomic mass is 10.0. The minimum Gasteiger partial charge on any atom is -0.490 e. The smallest absolute Gasteiger partial charge is 0.191 e. The molecule has 0 aliphatic rings. The van der Waals surface area contributed by atoms with Crippen molar-refractivity contribution in [1.82, 2.24) is 15.6 Å². The molecule has 1 atom stereocenters.